The second-order valence-corrected chi connectivity index (χ2v) is 7.56. The highest BCUT2D eigenvalue weighted by molar-refractivity contribution is 7.13. The first-order valence-electron chi connectivity index (χ1n) is 9.43. The van der Waals surface area contributed by atoms with E-state index >= 15 is 0 Å². The van der Waals surface area contributed by atoms with Crippen LogP contribution in [0.1, 0.15) is 0 Å². The maximum atomic E-state index is 6.40. The van der Waals surface area contributed by atoms with Crippen molar-refractivity contribution in [1.82, 2.24) is 24.8 Å². The Kier molecular flexibility index (Phi) is 4.72. The Morgan fingerprint density at radius 3 is 2.52 bits per heavy atom. The number of ether oxygens (including phenoxy) is 2. The number of hydrogen-bond acceptors (Lipinski definition) is 8. The van der Waals surface area contributed by atoms with Gasteiger partial charge in [-0.25, -0.2) is 4.98 Å². The molecular weight excluding hydrogens is 412 g/mol. The fourth-order valence-electron chi connectivity index (χ4n) is 3.35. The van der Waals surface area contributed by atoms with E-state index in [0.717, 1.165) is 22.4 Å². The summed E-state index contributed by atoms with van der Waals surface area (Å²) in [5, 5.41) is 15.8. The molecule has 0 saturated carbocycles. The molecule has 2 N–H and O–H groups in total. The van der Waals surface area contributed by atoms with Crippen molar-refractivity contribution in [3.8, 4) is 44.6 Å². The van der Waals surface area contributed by atoms with Crippen LogP contribution < -0.4 is 15.2 Å². The number of methoxy groups -OCH3 is 2. The molecule has 0 unspecified atom stereocenters. The Bertz CT molecular complexity index is 1380. The van der Waals surface area contributed by atoms with Crippen molar-refractivity contribution < 1.29 is 9.47 Å². The zero-order valence-corrected chi connectivity index (χ0v) is 17.6. The summed E-state index contributed by atoms with van der Waals surface area (Å²) in [4.78, 5) is 4.71. The first-order valence-corrected chi connectivity index (χ1v) is 10.3. The van der Waals surface area contributed by atoms with Crippen LogP contribution in [0.15, 0.2) is 60.1 Å². The molecule has 2 aromatic carbocycles. The van der Waals surface area contributed by atoms with Crippen molar-refractivity contribution in [3.05, 3.63) is 60.1 Å². The predicted molar refractivity (Wildman–Crippen MR) is 120 cm³/mol. The number of anilines is 1. The Hall–Kier alpha value is -3.98. The standard InChI is InChI=1S/C22H18N6O2S/c1-29-17-9-8-14(10-18(17)30-2)16-12-31-22(25-16)19-20(23)28-21(27-26-19)15(11-24-28)13-6-4-3-5-7-13/h3-12H,23H2,1-2H3. The van der Waals surface area contributed by atoms with Gasteiger partial charge in [0.25, 0.3) is 0 Å². The van der Waals surface area contributed by atoms with Crippen LogP contribution in [0.2, 0.25) is 0 Å². The SMILES string of the molecule is COc1ccc(-c2csc(-c3nnc4c(-c5ccccc5)cnn4c3N)n2)cc1OC. The lowest BCUT2D eigenvalue weighted by atomic mass is 10.1. The van der Waals surface area contributed by atoms with Crippen molar-refractivity contribution in [2.24, 2.45) is 0 Å². The van der Waals surface area contributed by atoms with Crippen LogP contribution >= 0.6 is 11.3 Å². The van der Waals surface area contributed by atoms with Crippen LogP contribution in [0, 0.1) is 0 Å². The van der Waals surface area contributed by atoms with Crippen LogP contribution in [-0.4, -0.2) is 39.0 Å². The van der Waals surface area contributed by atoms with Crippen molar-refractivity contribution >= 4 is 22.8 Å². The van der Waals surface area contributed by atoms with E-state index in [-0.39, 0.29) is 0 Å². The summed E-state index contributed by atoms with van der Waals surface area (Å²) in [6, 6.07) is 15.6. The molecule has 8 nitrogen and oxygen atoms in total. The van der Waals surface area contributed by atoms with Crippen LogP contribution in [-0.2, 0) is 0 Å². The second kappa shape index (κ2) is 7.69. The molecule has 154 valence electrons. The summed E-state index contributed by atoms with van der Waals surface area (Å²) < 4.78 is 12.3. The van der Waals surface area contributed by atoms with Gasteiger partial charge in [0.15, 0.2) is 28.7 Å². The van der Waals surface area contributed by atoms with Gasteiger partial charge in [0.2, 0.25) is 0 Å². The van der Waals surface area contributed by atoms with Gasteiger partial charge < -0.3 is 15.2 Å². The minimum absolute atomic E-state index is 0.389. The van der Waals surface area contributed by atoms with E-state index in [1.807, 2.05) is 53.9 Å². The van der Waals surface area contributed by atoms with Crippen LogP contribution in [0.5, 0.6) is 11.5 Å². The fourth-order valence-corrected chi connectivity index (χ4v) is 4.17. The second-order valence-electron chi connectivity index (χ2n) is 6.70. The molecule has 0 spiro atoms. The number of nitrogen functional groups attached to an aromatic ring is 1. The lowest BCUT2D eigenvalue weighted by Crippen LogP contribution is -2.05. The zero-order valence-electron chi connectivity index (χ0n) is 16.8. The molecule has 5 aromatic rings. The maximum absolute atomic E-state index is 6.40. The first kappa shape index (κ1) is 19.0. The van der Waals surface area contributed by atoms with Crippen molar-refractivity contribution in [2.45, 2.75) is 0 Å². The topological polar surface area (TPSA) is 100 Å². The summed E-state index contributed by atoms with van der Waals surface area (Å²) in [7, 11) is 3.21. The third-order valence-electron chi connectivity index (χ3n) is 4.93. The predicted octanol–water partition coefficient (Wildman–Crippen LogP) is 4.18. The number of nitrogens with zero attached hydrogens (tertiary/aromatic N) is 5. The highest BCUT2D eigenvalue weighted by atomic mass is 32.1. The Balaban J connectivity index is 1.54. The zero-order chi connectivity index (χ0) is 21.4. The molecule has 0 aliphatic heterocycles. The van der Waals surface area contributed by atoms with E-state index in [9.17, 15) is 0 Å². The lowest BCUT2D eigenvalue weighted by Gasteiger charge is -2.08. The number of benzene rings is 2. The van der Waals surface area contributed by atoms with Crippen LogP contribution in [0.25, 0.3) is 38.7 Å². The molecule has 0 saturated heterocycles. The van der Waals surface area contributed by atoms with Crippen LogP contribution in [0.3, 0.4) is 0 Å². The molecular formula is C22H18N6O2S. The third kappa shape index (κ3) is 3.24. The van der Waals surface area contributed by atoms with E-state index in [1.54, 1.807) is 24.9 Å². The summed E-state index contributed by atoms with van der Waals surface area (Å²) in [6.07, 6.45) is 1.75. The summed E-state index contributed by atoms with van der Waals surface area (Å²) in [6.45, 7) is 0. The number of rotatable bonds is 5. The van der Waals surface area contributed by atoms with Gasteiger partial charge in [-0.3, -0.25) is 0 Å². The molecule has 0 aliphatic carbocycles. The number of fused-ring (bicyclic) bond motifs is 1. The molecule has 0 amide bonds. The summed E-state index contributed by atoms with van der Waals surface area (Å²) in [5.41, 5.74) is 11.1. The van der Waals surface area contributed by atoms with E-state index in [4.69, 9.17) is 20.2 Å². The number of thiazole rings is 1. The third-order valence-corrected chi connectivity index (χ3v) is 5.78. The molecule has 3 heterocycles. The molecule has 0 atom stereocenters. The summed E-state index contributed by atoms with van der Waals surface area (Å²) in [5.74, 6) is 1.69. The van der Waals surface area contributed by atoms with Crippen molar-refractivity contribution in [1.29, 1.82) is 0 Å². The molecule has 31 heavy (non-hydrogen) atoms. The first-order chi connectivity index (χ1) is 15.2. The Morgan fingerprint density at radius 1 is 0.935 bits per heavy atom. The smallest absolute Gasteiger partial charge is 0.187 e. The molecule has 0 aliphatic rings. The molecule has 0 fully saturated rings. The minimum atomic E-state index is 0.389. The van der Waals surface area contributed by atoms with Gasteiger partial charge in [0.05, 0.1) is 26.1 Å². The molecule has 3 aromatic heterocycles. The number of nitrogens with two attached hydrogens (primary N) is 1. The monoisotopic (exact) mass is 430 g/mol. The van der Waals surface area contributed by atoms with Gasteiger partial charge in [0.1, 0.15) is 5.01 Å². The average molecular weight is 430 g/mol. The highest BCUT2D eigenvalue weighted by Gasteiger charge is 2.18. The summed E-state index contributed by atoms with van der Waals surface area (Å²) >= 11 is 1.44. The van der Waals surface area contributed by atoms with Crippen molar-refractivity contribution in [2.75, 3.05) is 20.0 Å². The Morgan fingerprint density at radius 2 is 1.74 bits per heavy atom. The maximum Gasteiger partial charge on any atom is 0.187 e. The largest absolute Gasteiger partial charge is 0.493 e. The minimum Gasteiger partial charge on any atom is -0.493 e. The quantitative estimate of drug-likeness (QED) is 0.446. The number of aromatic nitrogens is 5. The van der Waals surface area contributed by atoms with Crippen LogP contribution in [0.4, 0.5) is 5.82 Å². The van der Waals surface area contributed by atoms with Gasteiger partial charge in [-0.15, -0.1) is 21.5 Å². The Labute approximate surface area is 181 Å². The van der Waals surface area contributed by atoms with E-state index < -0.39 is 0 Å². The normalized spacial score (nSPS) is 11.0. The molecule has 9 heteroatoms. The van der Waals surface area contributed by atoms with Gasteiger partial charge in [-0.05, 0) is 23.8 Å². The van der Waals surface area contributed by atoms with Crippen molar-refractivity contribution in [3.63, 3.8) is 0 Å². The fraction of sp³-hybridized carbons (Fsp3) is 0.0909. The van der Waals surface area contributed by atoms with Gasteiger partial charge in [0, 0.05) is 16.5 Å². The molecule has 0 radical (unpaired) electrons. The van der Waals surface area contributed by atoms with Gasteiger partial charge in [-0.2, -0.15) is 9.61 Å². The molecule has 5 rings (SSSR count). The average Bonchev–Trinajstić information content (AvgIpc) is 3.47. The lowest BCUT2D eigenvalue weighted by molar-refractivity contribution is 0.355. The van der Waals surface area contributed by atoms with Gasteiger partial charge in [-0.1, -0.05) is 30.3 Å². The van der Waals surface area contributed by atoms with Gasteiger partial charge >= 0.3 is 0 Å². The molecule has 0 bridgehead atoms. The highest BCUT2D eigenvalue weighted by Crippen LogP contribution is 2.35. The van der Waals surface area contributed by atoms with E-state index in [1.165, 1.54) is 11.3 Å². The van der Waals surface area contributed by atoms with E-state index in [2.05, 4.69) is 15.3 Å². The van der Waals surface area contributed by atoms with E-state index in [0.29, 0.717) is 33.7 Å². The number of hydrogen-bond donors (Lipinski definition) is 1.